The van der Waals surface area contributed by atoms with Crippen molar-refractivity contribution in [3.8, 4) is 0 Å². The smallest absolute Gasteiger partial charge is 0.317 e. The SMILES string of the molecule is CC(C)(CNC(=O)N1CCC(C(=O)O)CC1)c1ccc(Cl)cc1. The van der Waals surface area contributed by atoms with Crippen molar-refractivity contribution >= 4 is 23.6 Å². The van der Waals surface area contributed by atoms with Crippen LogP contribution in [0.25, 0.3) is 0 Å². The number of carboxylic acid groups (broad SMARTS) is 1. The Kier molecular flexibility index (Phi) is 5.52. The molecule has 126 valence electrons. The lowest BCUT2D eigenvalue weighted by atomic mass is 9.84. The summed E-state index contributed by atoms with van der Waals surface area (Å²) in [6.07, 6.45) is 1.03. The van der Waals surface area contributed by atoms with E-state index in [1.54, 1.807) is 4.90 Å². The summed E-state index contributed by atoms with van der Waals surface area (Å²) in [7, 11) is 0. The van der Waals surface area contributed by atoms with Crippen LogP contribution in [0.3, 0.4) is 0 Å². The van der Waals surface area contributed by atoms with E-state index >= 15 is 0 Å². The Labute approximate surface area is 141 Å². The third kappa shape index (κ3) is 4.61. The molecule has 1 heterocycles. The van der Waals surface area contributed by atoms with Crippen LogP contribution in [0.4, 0.5) is 4.79 Å². The van der Waals surface area contributed by atoms with E-state index in [2.05, 4.69) is 19.2 Å². The maximum absolute atomic E-state index is 12.3. The molecule has 1 aliphatic heterocycles. The standard InChI is InChI=1S/C17H23ClN2O3/c1-17(2,13-3-5-14(18)6-4-13)11-19-16(23)20-9-7-12(8-10-20)15(21)22/h3-6,12H,7-11H2,1-2H3,(H,19,23)(H,21,22). The lowest BCUT2D eigenvalue weighted by Crippen LogP contribution is -2.48. The van der Waals surface area contributed by atoms with Gasteiger partial charge in [0.15, 0.2) is 0 Å². The zero-order valence-corrected chi connectivity index (χ0v) is 14.3. The largest absolute Gasteiger partial charge is 0.481 e. The fraction of sp³-hybridized carbons (Fsp3) is 0.529. The number of aliphatic carboxylic acids is 1. The molecule has 1 aromatic carbocycles. The number of halogens is 1. The van der Waals surface area contributed by atoms with Gasteiger partial charge in [-0.05, 0) is 30.5 Å². The Morgan fingerprint density at radius 2 is 1.83 bits per heavy atom. The van der Waals surface area contributed by atoms with Crippen LogP contribution in [0.5, 0.6) is 0 Å². The maximum Gasteiger partial charge on any atom is 0.317 e. The van der Waals surface area contributed by atoms with E-state index in [-0.39, 0.29) is 17.4 Å². The first-order valence-electron chi connectivity index (χ1n) is 7.81. The molecule has 0 aromatic heterocycles. The molecule has 0 bridgehead atoms. The number of amides is 2. The van der Waals surface area contributed by atoms with Gasteiger partial charge in [0.2, 0.25) is 0 Å². The van der Waals surface area contributed by atoms with Crippen molar-refractivity contribution in [2.45, 2.75) is 32.1 Å². The van der Waals surface area contributed by atoms with Gasteiger partial charge >= 0.3 is 12.0 Å². The monoisotopic (exact) mass is 338 g/mol. The van der Waals surface area contributed by atoms with E-state index in [1.807, 2.05) is 24.3 Å². The molecule has 1 aromatic rings. The number of nitrogens with one attached hydrogen (secondary N) is 1. The number of hydrogen-bond acceptors (Lipinski definition) is 2. The number of carbonyl (C=O) groups excluding carboxylic acids is 1. The summed E-state index contributed by atoms with van der Waals surface area (Å²) in [5, 5.41) is 12.6. The van der Waals surface area contributed by atoms with Gasteiger partial charge in [-0.25, -0.2) is 4.79 Å². The molecule has 23 heavy (non-hydrogen) atoms. The van der Waals surface area contributed by atoms with Crippen molar-refractivity contribution < 1.29 is 14.7 Å². The van der Waals surface area contributed by atoms with Gasteiger partial charge in [-0.1, -0.05) is 37.6 Å². The molecule has 1 fully saturated rings. The Balaban J connectivity index is 1.86. The second-order valence-electron chi connectivity index (χ2n) is 6.65. The predicted octanol–water partition coefficient (Wildman–Crippen LogP) is 3.12. The number of hydrogen-bond donors (Lipinski definition) is 2. The maximum atomic E-state index is 12.3. The highest BCUT2D eigenvalue weighted by atomic mass is 35.5. The van der Waals surface area contributed by atoms with Gasteiger partial charge in [0.1, 0.15) is 0 Å². The minimum absolute atomic E-state index is 0.129. The van der Waals surface area contributed by atoms with Crippen LogP contribution in [0.2, 0.25) is 5.02 Å². The fourth-order valence-electron chi connectivity index (χ4n) is 2.74. The van der Waals surface area contributed by atoms with Crippen LogP contribution in [-0.2, 0) is 10.2 Å². The van der Waals surface area contributed by atoms with Crippen LogP contribution >= 0.6 is 11.6 Å². The summed E-state index contributed by atoms with van der Waals surface area (Å²) in [6.45, 7) is 5.61. The van der Waals surface area contributed by atoms with Gasteiger partial charge in [0, 0.05) is 30.1 Å². The van der Waals surface area contributed by atoms with Gasteiger partial charge in [-0.2, -0.15) is 0 Å². The highest BCUT2D eigenvalue weighted by Crippen LogP contribution is 2.24. The van der Waals surface area contributed by atoms with Gasteiger partial charge in [0.05, 0.1) is 5.92 Å². The summed E-state index contributed by atoms with van der Waals surface area (Å²) < 4.78 is 0. The predicted molar refractivity (Wildman–Crippen MR) is 89.8 cm³/mol. The minimum Gasteiger partial charge on any atom is -0.481 e. The third-order valence-corrected chi connectivity index (χ3v) is 4.69. The molecule has 1 aliphatic rings. The highest BCUT2D eigenvalue weighted by molar-refractivity contribution is 6.30. The van der Waals surface area contributed by atoms with Crippen LogP contribution in [0.1, 0.15) is 32.3 Å². The van der Waals surface area contributed by atoms with Gasteiger partial charge < -0.3 is 15.3 Å². The van der Waals surface area contributed by atoms with Gasteiger partial charge in [-0.3, -0.25) is 4.79 Å². The third-order valence-electron chi connectivity index (χ3n) is 4.44. The van der Waals surface area contributed by atoms with Crippen LogP contribution < -0.4 is 5.32 Å². The van der Waals surface area contributed by atoms with Crippen molar-refractivity contribution in [1.82, 2.24) is 10.2 Å². The quantitative estimate of drug-likeness (QED) is 0.886. The average molecular weight is 339 g/mol. The second kappa shape index (κ2) is 7.21. The molecule has 1 saturated heterocycles. The van der Waals surface area contributed by atoms with E-state index in [0.29, 0.717) is 37.5 Å². The van der Waals surface area contributed by atoms with Gasteiger partial charge in [0.25, 0.3) is 0 Å². The second-order valence-corrected chi connectivity index (χ2v) is 7.09. The number of nitrogens with zero attached hydrogens (tertiary/aromatic N) is 1. The summed E-state index contributed by atoms with van der Waals surface area (Å²) in [4.78, 5) is 24.9. The number of likely N-dealkylation sites (tertiary alicyclic amines) is 1. The van der Waals surface area contributed by atoms with Gasteiger partial charge in [-0.15, -0.1) is 0 Å². The number of urea groups is 1. The first kappa shape index (κ1) is 17.6. The lowest BCUT2D eigenvalue weighted by Gasteiger charge is -2.32. The minimum atomic E-state index is -0.770. The summed E-state index contributed by atoms with van der Waals surface area (Å²) in [5.41, 5.74) is 0.895. The number of carboxylic acids is 1. The van der Waals surface area contributed by atoms with Crippen LogP contribution in [-0.4, -0.2) is 41.6 Å². The molecule has 0 radical (unpaired) electrons. The number of piperidine rings is 1. The normalized spacial score (nSPS) is 16.2. The molecular formula is C17H23ClN2O3. The molecule has 5 nitrogen and oxygen atoms in total. The fourth-order valence-corrected chi connectivity index (χ4v) is 2.87. The molecule has 6 heteroatoms. The molecule has 0 spiro atoms. The number of benzene rings is 1. The van der Waals surface area contributed by atoms with Crippen LogP contribution in [0.15, 0.2) is 24.3 Å². The molecule has 2 rings (SSSR count). The van der Waals surface area contributed by atoms with E-state index in [1.165, 1.54) is 0 Å². The first-order chi connectivity index (χ1) is 10.8. The van der Waals surface area contributed by atoms with Crippen LogP contribution in [0, 0.1) is 5.92 Å². The summed E-state index contributed by atoms with van der Waals surface area (Å²) in [5.74, 6) is -1.10. The highest BCUT2D eigenvalue weighted by Gasteiger charge is 2.28. The van der Waals surface area contributed by atoms with E-state index < -0.39 is 5.97 Å². The Bertz CT molecular complexity index is 564. The van der Waals surface area contributed by atoms with Crippen molar-refractivity contribution in [2.24, 2.45) is 5.92 Å². The van der Waals surface area contributed by atoms with E-state index in [0.717, 1.165) is 5.56 Å². The number of rotatable bonds is 4. The van der Waals surface area contributed by atoms with Crippen molar-refractivity contribution in [1.29, 1.82) is 0 Å². The molecule has 2 amide bonds. The Morgan fingerprint density at radius 3 is 2.35 bits per heavy atom. The first-order valence-corrected chi connectivity index (χ1v) is 8.19. The molecule has 0 aliphatic carbocycles. The molecular weight excluding hydrogens is 316 g/mol. The van der Waals surface area contributed by atoms with E-state index in [9.17, 15) is 9.59 Å². The Morgan fingerprint density at radius 1 is 1.26 bits per heavy atom. The molecule has 0 saturated carbocycles. The molecule has 2 N–H and O–H groups in total. The topological polar surface area (TPSA) is 69.6 Å². The summed E-state index contributed by atoms with van der Waals surface area (Å²) in [6, 6.07) is 7.49. The molecule has 0 unspecified atom stereocenters. The van der Waals surface area contributed by atoms with Crippen molar-refractivity contribution in [3.63, 3.8) is 0 Å². The molecule has 0 atom stereocenters. The zero-order chi connectivity index (χ0) is 17.0. The van der Waals surface area contributed by atoms with E-state index in [4.69, 9.17) is 16.7 Å². The van der Waals surface area contributed by atoms with Crippen molar-refractivity contribution in [2.75, 3.05) is 19.6 Å². The average Bonchev–Trinajstić information content (AvgIpc) is 2.53. The number of carbonyl (C=O) groups is 2. The Hall–Kier alpha value is -1.75. The summed E-state index contributed by atoms with van der Waals surface area (Å²) >= 11 is 5.91. The zero-order valence-electron chi connectivity index (χ0n) is 13.5. The van der Waals surface area contributed by atoms with Crippen molar-refractivity contribution in [3.05, 3.63) is 34.9 Å². The lowest BCUT2D eigenvalue weighted by molar-refractivity contribution is -0.143.